The van der Waals surface area contributed by atoms with Crippen LogP contribution in [0.15, 0.2) is 52.1 Å². The van der Waals surface area contributed by atoms with Crippen molar-refractivity contribution in [2.24, 2.45) is 10.9 Å². The number of ether oxygens (including phenoxy) is 1. The molecule has 2 aliphatic rings. The van der Waals surface area contributed by atoms with Gasteiger partial charge in [0.1, 0.15) is 11.5 Å². The van der Waals surface area contributed by atoms with Gasteiger partial charge < -0.3 is 24.3 Å². The van der Waals surface area contributed by atoms with Crippen molar-refractivity contribution in [3.05, 3.63) is 54.0 Å². The van der Waals surface area contributed by atoms with E-state index < -0.39 is 0 Å². The van der Waals surface area contributed by atoms with Crippen LogP contribution in [-0.4, -0.2) is 68.7 Å². The van der Waals surface area contributed by atoms with Crippen LogP contribution in [0, 0.1) is 5.92 Å². The van der Waals surface area contributed by atoms with E-state index >= 15 is 0 Å². The van der Waals surface area contributed by atoms with Gasteiger partial charge in [-0.3, -0.25) is 4.99 Å². The Kier molecular flexibility index (Phi) is 7.88. The maximum absolute atomic E-state index is 5.47. The summed E-state index contributed by atoms with van der Waals surface area (Å²) in [6.07, 6.45) is 7.52. The van der Waals surface area contributed by atoms with Crippen LogP contribution in [0.1, 0.15) is 30.6 Å². The van der Waals surface area contributed by atoms with Gasteiger partial charge in [0, 0.05) is 39.1 Å². The van der Waals surface area contributed by atoms with E-state index in [1.54, 1.807) is 13.4 Å². The second-order valence-electron chi connectivity index (χ2n) is 8.67. The fourth-order valence-corrected chi connectivity index (χ4v) is 4.61. The number of furan rings is 1. The fourth-order valence-electron chi connectivity index (χ4n) is 4.61. The van der Waals surface area contributed by atoms with Crippen LogP contribution in [0.25, 0.3) is 0 Å². The number of hydrogen-bond donors (Lipinski definition) is 1. The van der Waals surface area contributed by atoms with E-state index in [9.17, 15) is 0 Å². The Morgan fingerprint density at radius 2 is 1.97 bits per heavy atom. The summed E-state index contributed by atoms with van der Waals surface area (Å²) in [5.74, 6) is 3.69. The SMILES string of the molecule is COc1ccc(CCNC(=NCCc2ccco2)N2CCC(CN3CCCC3)C2)cc1. The van der Waals surface area contributed by atoms with Gasteiger partial charge in [-0.1, -0.05) is 12.1 Å². The van der Waals surface area contributed by atoms with Gasteiger partial charge in [-0.15, -0.1) is 0 Å². The second-order valence-corrected chi connectivity index (χ2v) is 8.67. The number of aliphatic imine (C=N–C) groups is 1. The summed E-state index contributed by atoms with van der Waals surface area (Å²) in [5.41, 5.74) is 1.30. The molecule has 2 aliphatic heterocycles. The molecule has 1 aromatic carbocycles. The molecule has 0 bridgehead atoms. The minimum atomic E-state index is 0.742. The van der Waals surface area contributed by atoms with E-state index in [2.05, 4.69) is 27.2 Å². The van der Waals surface area contributed by atoms with Crippen molar-refractivity contribution in [2.45, 2.75) is 32.1 Å². The minimum absolute atomic E-state index is 0.742. The molecular weight excluding hydrogens is 388 g/mol. The Morgan fingerprint density at radius 1 is 1.13 bits per heavy atom. The van der Waals surface area contributed by atoms with E-state index in [4.69, 9.17) is 14.1 Å². The molecule has 168 valence electrons. The molecule has 0 radical (unpaired) electrons. The lowest BCUT2D eigenvalue weighted by atomic mass is 10.1. The molecular formula is C25H36N4O2. The summed E-state index contributed by atoms with van der Waals surface area (Å²) in [4.78, 5) is 10.0. The molecule has 2 saturated heterocycles. The van der Waals surface area contributed by atoms with Crippen molar-refractivity contribution < 1.29 is 9.15 Å². The third-order valence-corrected chi connectivity index (χ3v) is 6.36. The Balaban J connectivity index is 1.31. The second kappa shape index (κ2) is 11.2. The zero-order valence-electron chi connectivity index (χ0n) is 18.8. The largest absolute Gasteiger partial charge is 0.497 e. The lowest BCUT2D eigenvalue weighted by Gasteiger charge is -2.24. The van der Waals surface area contributed by atoms with Gasteiger partial charge in [0.2, 0.25) is 0 Å². The molecule has 31 heavy (non-hydrogen) atoms. The zero-order valence-corrected chi connectivity index (χ0v) is 18.8. The lowest BCUT2D eigenvalue weighted by Crippen LogP contribution is -2.41. The van der Waals surface area contributed by atoms with Gasteiger partial charge in [0.05, 0.1) is 13.4 Å². The van der Waals surface area contributed by atoms with Crippen molar-refractivity contribution >= 4 is 5.96 Å². The summed E-state index contributed by atoms with van der Waals surface area (Å²) in [5, 5.41) is 3.63. The molecule has 0 spiro atoms. The third kappa shape index (κ3) is 6.50. The summed E-state index contributed by atoms with van der Waals surface area (Å²) in [6, 6.07) is 12.3. The summed E-state index contributed by atoms with van der Waals surface area (Å²) in [6.45, 7) is 7.60. The number of guanidine groups is 1. The van der Waals surface area contributed by atoms with Gasteiger partial charge in [0.15, 0.2) is 5.96 Å². The number of nitrogens with zero attached hydrogens (tertiary/aromatic N) is 3. The van der Waals surface area contributed by atoms with Crippen LogP contribution in [-0.2, 0) is 12.8 Å². The maximum Gasteiger partial charge on any atom is 0.193 e. The van der Waals surface area contributed by atoms with Crippen LogP contribution in [0.4, 0.5) is 0 Å². The molecule has 1 atom stereocenters. The number of hydrogen-bond acceptors (Lipinski definition) is 4. The zero-order chi connectivity index (χ0) is 21.3. The summed E-state index contributed by atoms with van der Waals surface area (Å²) >= 11 is 0. The fraction of sp³-hybridized carbons (Fsp3) is 0.560. The molecule has 6 nitrogen and oxygen atoms in total. The first-order valence-corrected chi connectivity index (χ1v) is 11.7. The maximum atomic E-state index is 5.47. The highest BCUT2D eigenvalue weighted by Gasteiger charge is 2.27. The van der Waals surface area contributed by atoms with Crippen LogP contribution in [0.5, 0.6) is 5.75 Å². The van der Waals surface area contributed by atoms with Crippen molar-refractivity contribution in [1.82, 2.24) is 15.1 Å². The van der Waals surface area contributed by atoms with Crippen LogP contribution in [0.2, 0.25) is 0 Å². The van der Waals surface area contributed by atoms with E-state index in [1.807, 2.05) is 24.3 Å². The molecule has 3 heterocycles. The van der Waals surface area contributed by atoms with Gasteiger partial charge in [0.25, 0.3) is 0 Å². The topological polar surface area (TPSA) is 53.2 Å². The van der Waals surface area contributed by atoms with Gasteiger partial charge >= 0.3 is 0 Å². The first-order valence-electron chi connectivity index (χ1n) is 11.7. The Labute approximate surface area is 186 Å². The molecule has 2 aromatic rings. The predicted molar refractivity (Wildman–Crippen MR) is 125 cm³/mol. The summed E-state index contributed by atoms with van der Waals surface area (Å²) in [7, 11) is 1.70. The predicted octanol–water partition coefficient (Wildman–Crippen LogP) is 3.44. The quantitative estimate of drug-likeness (QED) is 0.494. The Hall–Kier alpha value is -2.47. The van der Waals surface area contributed by atoms with Crippen LogP contribution in [0.3, 0.4) is 0 Å². The molecule has 6 heteroatoms. The highest BCUT2D eigenvalue weighted by Crippen LogP contribution is 2.20. The van der Waals surface area contributed by atoms with Crippen LogP contribution >= 0.6 is 0 Å². The molecule has 0 amide bonds. The lowest BCUT2D eigenvalue weighted by molar-refractivity contribution is 0.281. The minimum Gasteiger partial charge on any atom is -0.497 e. The first-order chi connectivity index (χ1) is 15.3. The molecule has 1 N–H and O–H groups in total. The van der Waals surface area contributed by atoms with Crippen molar-refractivity contribution in [3.8, 4) is 5.75 Å². The highest BCUT2D eigenvalue weighted by atomic mass is 16.5. The van der Waals surface area contributed by atoms with E-state index in [0.29, 0.717) is 0 Å². The monoisotopic (exact) mass is 424 g/mol. The first kappa shape index (κ1) is 21.8. The molecule has 4 rings (SSSR count). The smallest absolute Gasteiger partial charge is 0.193 e. The third-order valence-electron chi connectivity index (χ3n) is 6.36. The van der Waals surface area contributed by atoms with Crippen molar-refractivity contribution in [2.75, 3.05) is 52.9 Å². The van der Waals surface area contributed by atoms with Crippen molar-refractivity contribution in [1.29, 1.82) is 0 Å². The summed E-state index contributed by atoms with van der Waals surface area (Å²) < 4.78 is 10.7. The van der Waals surface area contributed by atoms with Crippen LogP contribution < -0.4 is 10.1 Å². The van der Waals surface area contributed by atoms with Gasteiger partial charge in [-0.05, 0) is 74.5 Å². The van der Waals surface area contributed by atoms with E-state index in [1.165, 1.54) is 44.5 Å². The van der Waals surface area contributed by atoms with E-state index in [-0.39, 0.29) is 0 Å². The Bertz CT molecular complexity index is 797. The molecule has 0 aliphatic carbocycles. The number of rotatable bonds is 9. The number of methoxy groups -OCH3 is 1. The van der Waals surface area contributed by atoms with Crippen molar-refractivity contribution in [3.63, 3.8) is 0 Å². The van der Waals surface area contributed by atoms with Gasteiger partial charge in [-0.2, -0.15) is 0 Å². The van der Waals surface area contributed by atoms with Gasteiger partial charge in [-0.25, -0.2) is 0 Å². The normalized spacial score (nSPS) is 19.8. The standard InChI is InChI=1S/C25H36N4O2/c1-30-23-8-6-21(7-9-23)10-13-26-25(27-14-11-24-5-4-18-31-24)29-17-12-22(20-29)19-28-15-2-3-16-28/h4-9,18,22H,2-3,10-17,19-20H2,1H3,(H,26,27). The number of nitrogens with one attached hydrogen (secondary N) is 1. The number of benzene rings is 1. The molecule has 2 fully saturated rings. The highest BCUT2D eigenvalue weighted by molar-refractivity contribution is 5.80. The average Bonchev–Trinajstić information content (AvgIpc) is 3.57. The van der Waals surface area contributed by atoms with E-state index in [0.717, 1.165) is 62.4 Å². The number of likely N-dealkylation sites (tertiary alicyclic amines) is 2. The average molecular weight is 425 g/mol. The molecule has 0 saturated carbocycles. The molecule has 1 aromatic heterocycles. The molecule has 1 unspecified atom stereocenters. The Morgan fingerprint density at radius 3 is 2.71 bits per heavy atom.